The molecular weight excluding hydrogens is 304 g/mol. The van der Waals surface area contributed by atoms with E-state index in [9.17, 15) is 9.59 Å². The van der Waals surface area contributed by atoms with Gasteiger partial charge in [0.2, 0.25) is 5.91 Å². The van der Waals surface area contributed by atoms with Crippen molar-refractivity contribution in [1.82, 2.24) is 5.32 Å². The average molecular weight is 335 g/mol. The van der Waals surface area contributed by atoms with Crippen LogP contribution in [0.25, 0.3) is 0 Å². The highest BCUT2D eigenvalue weighted by Gasteiger charge is 2.34. The first-order valence-electron chi connectivity index (χ1n) is 8.00. The molecule has 1 unspecified atom stereocenters. The molecule has 0 heterocycles. The minimum absolute atomic E-state index is 0. The number of ether oxygens (including phenoxy) is 1. The third-order valence-corrected chi connectivity index (χ3v) is 4.41. The van der Waals surface area contributed by atoms with Gasteiger partial charge in [-0.1, -0.05) is 33.1 Å². The maximum absolute atomic E-state index is 12.3. The summed E-state index contributed by atoms with van der Waals surface area (Å²) in [7, 11) is 1.35. The standard InChI is InChI=1S/C16H30N2O3.ClH/c1-12(2)9-13(15(20)21-3)18-14(19)10-16(11-17)7-5-4-6-8-16;/h12-13H,4-11,17H2,1-3H3,(H,18,19);1H. The van der Waals surface area contributed by atoms with Crippen molar-refractivity contribution < 1.29 is 14.3 Å². The first-order chi connectivity index (χ1) is 9.92. The first kappa shape index (κ1) is 21.2. The molecule has 0 radical (unpaired) electrons. The number of hydrogen-bond acceptors (Lipinski definition) is 4. The van der Waals surface area contributed by atoms with Crippen LogP contribution < -0.4 is 11.1 Å². The molecule has 0 spiro atoms. The molecule has 0 aliphatic heterocycles. The molecule has 1 atom stereocenters. The smallest absolute Gasteiger partial charge is 0.328 e. The van der Waals surface area contributed by atoms with Crippen LogP contribution in [0.1, 0.15) is 58.8 Å². The Hall–Kier alpha value is -0.810. The van der Waals surface area contributed by atoms with Gasteiger partial charge in [0.05, 0.1) is 7.11 Å². The van der Waals surface area contributed by atoms with E-state index in [1.165, 1.54) is 13.5 Å². The van der Waals surface area contributed by atoms with Crippen molar-refractivity contribution in [1.29, 1.82) is 0 Å². The van der Waals surface area contributed by atoms with Gasteiger partial charge in [-0.15, -0.1) is 12.4 Å². The van der Waals surface area contributed by atoms with Crippen LogP contribution in [0.4, 0.5) is 0 Å². The molecule has 6 heteroatoms. The van der Waals surface area contributed by atoms with Crippen LogP contribution in [0.3, 0.4) is 0 Å². The molecule has 130 valence electrons. The second kappa shape index (κ2) is 10.1. The van der Waals surface area contributed by atoms with Gasteiger partial charge in [-0.2, -0.15) is 0 Å². The van der Waals surface area contributed by atoms with Gasteiger partial charge in [0.1, 0.15) is 6.04 Å². The number of methoxy groups -OCH3 is 1. The van der Waals surface area contributed by atoms with E-state index in [1.54, 1.807) is 0 Å². The third kappa shape index (κ3) is 6.53. The zero-order chi connectivity index (χ0) is 15.9. The molecule has 0 saturated heterocycles. The van der Waals surface area contributed by atoms with E-state index >= 15 is 0 Å². The monoisotopic (exact) mass is 334 g/mol. The lowest BCUT2D eigenvalue weighted by Crippen LogP contribution is -2.45. The fourth-order valence-electron chi connectivity index (χ4n) is 3.17. The number of carbonyl (C=O) groups is 2. The normalized spacial score (nSPS) is 18.2. The summed E-state index contributed by atoms with van der Waals surface area (Å²) in [4.78, 5) is 24.1. The van der Waals surface area contributed by atoms with Gasteiger partial charge in [-0.25, -0.2) is 4.79 Å². The zero-order valence-electron chi connectivity index (χ0n) is 14.0. The van der Waals surface area contributed by atoms with Crippen LogP contribution in [-0.4, -0.2) is 31.6 Å². The van der Waals surface area contributed by atoms with E-state index in [-0.39, 0.29) is 29.7 Å². The number of rotatable bonds is 7. The van der Waals surface area contributed by atoms with Gasteiger partial charge in [0.15, 0.2) is 0 Å². The van der Waals surface area contributed by atoms with Gasteiger partial charge >= 0.3 is 5.97 Å². The SMILES string of the molecule is COC(=O)C(CC(C)C)NC(=O)CC1(CN)CCCCC1.Cl. The molecule has 0 aromatic carbocycles. The van der Waals surface area contributed by atoms with E-state index in [0.29, 0.717) is 25.3 Å². The van der Waals surface area contributed by atoms with Crippen LogP contribution in [0, 0.1) is 11.3 Å². The number of carbonyl (C=O) groups excluding carboxylic acids is 2. The minimum Gasteiger partial charge on any atom is -0.467 e. The lowest BCUT2D eigenvalue weighted by atomic mass is 9.71. The highest BCUT2D eigenvalue weighted by Crippen LogP contribution is 2.38. The molecule has 0 aromatic rings. The molecule has 1 aliphatic rings. The summed E-state index contributed by atoms with van der Waals surface area (Å²) in [5.41, 5.74) is 5.83. The molecule has 1 amide bonds. The summed E-state index contributed by atoms with van der Waals surface area (Å²) in [6.45, 7) is 4.57. The number of halogens is 1. The molecule has 22 heavy (non-hydrogen) atoms. The van der Waals surface area contributed by atoms with Crippen molar-refractivity contribution in [2.75, 3.05) is 13.7 Å². The Morgan fingerprint density at radius 3 is 2.27 bits per heavy atom. The fourth-order valence-corrected chi connectivity index (χ4v) is 3.17. The predicted molar refractivity (Wildman–Crippen MR) is 89.8 cm³/mol. The molecule has 1 rings (SSSR count). The fraction of sp³-hybridized carbons (Fsp3) is 0.875. The van der Waals surface area contributed by atoms with Crippen LogP contribution in [0.2, 0.25) is 0 Å². The summed E-state index contributed by atoms with van der Waals surface area (Å²) in [6.07, 6.45) is 6.51. The van der Waals surface area contributed by atoms with Crippen molar-refractivity contribution in [2.24, 2.45) is 17.1 Å². The maximum Gasteiger partial charge on any atom is 0.328 e. The average Bonchev–Trinajstić information content (AvgIpc) is 2.46. The van der Waals surface area contributed by atoms with Crippen molar-refractivity contribution in [3.63, 3.8) is 0 Å². The van der Waals surface area contributed by atoms with Crippen LogP contribution in [0.15, 0.2) is 0 Å². The second-order valence-corrected chi connectivity index (χ2v) is 6.71. The topological polar surface area (TPSA) is 81.4 Å². The van der Waals surface area contributed by atoms with Crippen molar-refractivity contribution in [3.8, 4) is 0 Å². The molecule has 1 fully saturated rings. The van der Waals surface area contributed by atoms with E-state index in [0.717, 1.165) is 25.7 Å². The van der Waals surface area contributed by atoms with Crippen LogP contribution >= 0.6 is 12.4 Å². The van der Waals surface area contributed by atoms with E-state index in [1.807, 2.05) is 13.8 Å². The van der Waals surface area contributed by atoms with E-state index < -0.39 is 6.04 Å². The molecule has 0 bridgehead atoms. The minimum atomic E-state index is -0.555. The number of hydrogen-bond donors (Lipinski definition) is 2. The quantitative estimate of drug-likeness (QED) is 0.700. The Bertz CT molecular complexity index is 355. The van der Waals surface area contributed by atoms with E-state index in [2.05, 4.69) is 5.32 Å². The van der Waals surface area contributed by atoms with Crippen molar-refractivity contribution in [3.05, 3.63) is 0 Å². The zero-order valence-corrected chi connectivity index (χ0v) is 14.8. The Morgan fingerprint density at radius 2 is 1.82 bits per heavy atom. The largest absolute Gasteiger partial charge is 0.467 e. The van der Waals surface area contributed by atoms with Gasteiger partial charge in [-0.3, -0.25) is 4.79 Å². The summed E-state index contributed by atoms with van der Waals surface area (Å²) in [5.74, 6) is -0.145. The highest BCUT2D eigenvalue weighted by atomic mass is 35.5. The summed E-state index contributed by atoms with van der Waals surface area (Å²) in [5, 5.41) is 2.84. The van der Waals surface area contributed by atoms with Gasteiger partial charge in [0.25, 0.3) is 0 Å². The van der Waals surface area contributed by atoms with Crippen LogP contribution in [-0.2, 0) is 14.3 Å². The first-order valence-corrected chi connectivity index (χ1v) is 8.00. The summed E-state index contributed by atoms with van der Waals surface area (Å²) in [6, 6.07) is -0.555. The lowest BCUT2D eigenvalue weighted by Gasteiger charge is -2.36. The Balaban J connectivity index is 0.00000441. The van der Waals surface area contributed by atoms with Gasteiger partial charge in [0, 0.05) is 6.42 Å². The Morgan fingerprint density at radius 1 is 1.23 bits per heavy atom. The molecule has 0 aromatic heterocycles. The van der Waals surface area contributed by atoms with Crippen molar-refractivity contribution in [2.45, 2.75) is 64.8 Å². The summed E-state index contributed by atoms with van der Waals surface area (Å²) < 4.78 is 4.78. The van der Waals surface area contributed by atoms with Gasteiger partial charge < -0.3 is 15.8 Å². The number of nitrogens with two attached hydrogens (primary N) is 1. The van der Waals surface area contributed by atoms with E-state index in [4.69, 9.17) is 10.5 Å². The second-order valence-electron chi connectivity index (χ2n) is 6.71. The number of nitrogens with one attached hydrogen (secondary N) is 1. The van der Waals surface area contributed by atoms with Crippen molar-refractivity contribution >= 4 is 24.3 Å². The molecule has 1 aliphatic carbocycles. The third-order valence-electron chi connectivity index (χ3n) is 4.41. The van der Waals surface area contributed by atoms with Crippen LogP contribution in [0.5, 0.6) is 0 Å². The molecule has 1 saturated carbocycles. The summed E-state index contributed by atoms with van der Waals surface area (Å²) >= 11 is 0. The maximum atomic E-state index is 12.3. The lowest BCUT2D eigenvalue weighted by molar-refractivity contribution is -0.145. The Labute approximate surface area is 140 Å². The van der Waals surface area contributed by atoms with Gasteiger partial charge in [-0.05, 0) is 37.1 Å². The molecule has 5 nitrogen and oxygen atoms in total. The predicted octanol–water partition coefficient (Wildman–Crippen LogP) is 2.41. The molecule has 3 N–H and O–H groups in total. The number of amides is 1. The highest BCUT2D eigenvalue weighted by molar-refractivity contribution is 5.85. The Kier molecular flexibility index (Phi) is 9.69. The number of esters is 1. The molecular formula is C16H31ClN2O3.